The second kappa shape index (κ2) is 4.51. The van der Waals surface area contributed by atoms with Crippen LogP contribution in [0.2, 0.25) is 5.02 Å². The lowest BCUT2D eigenvalue weighted by atomic mass is 9.89. The Morgan fingerprint density at radius 2 is 1.94 bits per heavy atom. The Kier molecular flexibility index (Phi) is 3.47. The zero-order chi connectivity index (χ0) is 13.6. The van der Waals surface area contributed by atoms with E-state index in [0.717, 1.165) is 0 Å². The first-order chi connectivity index (χ1) is 8.27. The smallest absolute Gasteiger partial charge is 0.185 e. The van der Waals surface area contributed by atoms with Crippen LogP contribution in [0.15, 0.2) is 29.2 Å². The van der Waals surface area contributed by atoms with E-state index in [1.54, 1.807) is 18.2 Å². The van der Waals surface area contributed by atoms with Gasteiger partial charge in [-0.15, -0.1) is 0 Å². The molecule has 0 aromatic heterocycles. The van der Waals surface area contributed by atoms with Gasteiger partial charge in [-0.2, -0.15) is 0 Å². The van der Waals surface area contributed by atoms with Crippen molar-refractivity contribution < 1.29 is 13.5 Å². The molecule has 2 unspecified atom stereocenters. The number of aliphatic hydroxyl groups excluding tert-OH is 1. The van der Waals surface area contributed by atoms with Crippen LogP contribution in [-0.4, -0.2) is 24.9 Å². The predicted octanol–water partition coefficient (Wildman–Crippen LogP) is 2.66. The molecule has 18 heavy (non-hydrogen) atoms. The van der Waals surface area contributed by atoms with Crippen molar-refractivity contribution in [1.82, 2.24) is 0 Å². The lowest BCUT2D eigenvalue weighted by Crippen LogP contribution is -2.36. The van der Waals surface area contributed by atoms with Gasteiger partial charge in [0.05, 0.1) is 21.3 Å². The molecule has 3 nitrogen and oxygen atoms in total. The molecule has 1 fully saturated rings. The second-order valence-electron chi connectivity index (χ2n) is 5.49. The van der Waals surface area contributed by atoms with Crippen LogP contribution in [0, 0.1) is 5.41 Å². The molecule has 1 aliphatic rings. The average Bonchev–Trinajstić information content (AvgIpc) is 2.55. The fourth-order valence-electron chi connectivity index (χ4n) is 2.49. The van der Waals surface area contributed by atoms with E-state index in [9.17, 15) is 13.5 Å². The summed E-state index contributed by atoms with van der Waals surface area (Å²) >= 11 is 5.95. The molecular weight excluding hydrogens is 272 g/mol. The first-order valence-electron chi connectivity index (χ1n) is 5.93. The molecule has 1 aromatic carbocycles. The molecule has 2 atom stereocenters. The summed E-state index contributed by atoms with van der Waals surface area (Å²) in [6.07, 6.45) is 0.323. The third-order valence-electron chi connectivity index (χ3n) is 3.77. The maximum atomic E-state index is 12.5. The van der Waals surface area contributed by atoms with Crippen molar-refractivity contribution in [2.24, 2.45) is 5.41 Å². The molecule has 0 heterocycles. The SMILES string of the molecule is CC1(C)CCC(S(=O)(=O)c2ccccc2Cl)C1O. The Morgan fingerprint density at radius 1 is 1.33 bits per heavy atom. The quantitative estimate of drug-likeness (QED) is 0.910. The van der Waals surface area contributed by atoms with Gasteiger partial charge >= 0.3 is 0 Å². The van der Waals surface area contributed by atoms with Gasteiger partial charge in [0.15, 0.2) is 9.84 Å². The van der Waals surface area contributed by atoms with Crippen molar-refractivity contribution in [2.75, 3.05) is 0 Å². The third kappa shape index (κ3) is 2.17. The Hall–Kier alpha value is -0.580. The van der Waals surface area contributed by atoms with Crippen molar-refractivity contribution in [3.05, 3.63) is 29.3 Å². The monoisotopic (exact) mass is 288 g/mol. The molecule has 1 aliphatic carbocycles. The van der Waals surface area contributed by atoms with E-state index in [0.29, 0.717) is 12.8 Å². The molecule has 100 valence electrons. The number of benzene rings is 1. The van der Waals surface area contributed by atoms with Crippen LogP contribution in [0.25, 0.3) is 0 Å². The van der Waals surface area contributed by atoms with Crippen LogP contribution in [0.4, 0.5) is 0 Å². The van der Waals surface area contributed by atoms with Crippen LogP contribution in [0.5, 0.6) is 0 Å². The standard InChI is InChI=1S/C13H17ClO3S/c1-13(2)8-7-11(12(13)15)18(16,17)10-6-4-3-5-9(10)14/h3-6,11-12,15H,7-8H2,1-2H3. The normalized spacial score (nSPS) is 27.3. The summed E-state index contributed by atoms with van der Waals surface area (Å²) in [6, 6.07) is 6.39. The molecule has 1 aromatic rings. The van der Waals surface area contributed by atoms with Crippen molar-refractivity contribution >= 4 is 21.4 Å². The number of hydrogen-bond acceptors (Lipinski definition) is 3. The molecule has 0 aliphatic heterocycles. The van der Waals surface area contributed by atoms with Gasteiger partial charge < -0.3 is 5.11 Å². The molecule has 0 amide bonds. The number of hydrogen-bond donors (Lipinski definition) is 1. The maximum absolute atomic E-state index is 12.5. The largest absolute Gasteiger partial charge is 0.391 e. The zero-order valence-corrected chi connectivity index (χ0v) is 12.0. The summed E-state index contributed by atoms with van der Waals surface area (Å²) in [5.41, 5.74) is -0.362. The average molecular weight is 289 g/mol. The van der Waals surface area contributed by atoms with Gasteiger partial charge in [-0.1, -0.05) is 37.6 Å². The molecule has 5 heteroatoms. The van der Waals surface area contributed by atoms with E-state index in [2.05, 4.69) is 0 Å². The zero-order valence-electron chi connectivity index (χ0n) is 10.4. The lowest BCUT2D eigenvalue weighted by Gasteiger charge is -2.25. The Balaban J connectivity index is 2.43. The summed E-state index contributed by atoms with van der Waals surface area (Å²) in [5.74, 6) is 0. The molecule has 1 N–H and O–H groups in total. The number of aliphatic hydroxyl groups is 1. The molecule has 0 spiro atoms. The molecule has 0 saturated heterocycles. The van der Waals surface area contributed by atoms with E-state index < -0.39 is 21.2 Å². The van der Waals surface area contributed by atoms with Gasteiger partial charge in [0.1, 0.15) is 0 Å². The van der Waals surface area contributed by atoms with Gasteiger partial charge in [-0.25, -0.2) is 8.42 Å². The fraction of sp³-hybridized carbons (Fsp3) is 0.538. The molecule has 0 bridgehead atoms. The Bertz CT molecular complexity index is 551. The molecule has 2 rings (SSSR count). The van der Waals surface area contributed by atoms with Crippen molar-refractivity contribution in [2.45, 2.75) is 42.9 Å². The highest BCUT2D eigenvalue weighted by atomic mass is 35.5. The number of rotatable bonds is 2. The van der Waals surface area contributed by atoms with Gasteiger partial charge in [0.2, 0.25) is 0 Å². The summed E-state index contributed by atoms with van der Waals surface area (Å²) in [4.78, 5) is 0.119. The maximum Gasteiger partial charge on any atom is 0.185 e. The summed E-state index contributed by atoms with van der Waals surface area (Å²) in [5, 5.41) is 9.64. The minimum Gasteiger partial charge on any atom is -0.391 e. The van der Waals surface area contributed by atoms with E-state index in [1.165, 1.54) is 6.07 Å². The van der Waals surface area contributed by atoms with Gasteiger partial charge in [0, 0.05) is 0 Å². The molecule has 0 radical (unpaired) electrons. The molecule has 1 saturated carbocycles. The topological polar surface area (TPSA) is 54.4 Å². The summed E-state index contributed by atoms with van der Waals surface area (Å²) < 4.78 is 25.0. The van der Waals surface area contributed by atoms with E-state index in [-0.39, 0.29) is 15.3 Å². The highest BCUT2D eigenvalue weighted by Crippen LogP contribution is 2.43. The Morgan fingerprint density at radius 3 is 2.44 bits per heavy atom. The highest BCUT2D eigenvalue weighted by molar-refractivity contribution is 7.92. The van der Waals surface area contributed by atoms with Crippen molar-refractivity contribution in [1.29, 1.82) is 0 Å². The third-order valence-corrected chi connectivity index (χ3v) is 6.47. The van der Waals surface area contributed by atoms with Gasteiger partial charge in [-0.05, 0) is 30.4 Å². The highest BCUT2D eigenvalue weighted by Gasteiger charge is 2.47. The molecular formula is C13H17ClO3S. The predicted molar refractivity (Wildman–Crippen MR) is 71.4 cm³/mol. The number of halogens is 1. The minimum absolute atomic E-state index is 0.119. The fourth-order valence-corrected chi connectivity index (χ4v) is 5.02. The van der Waals surface area contributed by atoms with Crippen LogP contribution in [0.1, 0.15) is 26.7 Å². The lowest BCUT2D eigenvalue weighted by molar-refractivity contribution is 0.0816. The van der Waals surface area contributed by atoms with Crippen LogP contribution < -0.4 is 0 Å². The van der Waals surface area contributed by atoms with E-state index in [4.69, 9.17) is 11.6 Å². The first kappa shape index (κ1) is 13.8. The van der Waals surface area contributed by atoms with Crippen molar-refractivity contribution in [3.8, 4) is 0 Å². The second-order valence-corrected chi connectivity index (χ2v) is 8.03. The van der Waals surface area contributed by atoms with Crippen molar-refractivity contribution in [3.63, 3.8) is 0 Å². The first-order valence-corrected chi connectivity index (χ1v) is 7.86. The van der Waals surface area contributed by atoms with Gasteiger partial charge in [-0.3, -0.25) is 0 Å². The summed E-state index contributed by atoms with van der Waals surface area (Å²) in [7, 11) is -3.57. The van der Waals surface area contributed by atoms with Gasteiger partial charge in [0.25, 0.3) is 0 Å². The van der Waals surface area contributed by atoms with Crippen LogP contribution >= 0.6 is 11.6 Å². The summed E-state index contributed by atoms with van der Waals surface area (Å²) in [6.45, 7) is 3.78. The van der Waals surface area contributed by atoms with Crippen LogP contribution in [-0.2, 0) is 9.84 Å². The minimum atomic E-state index is -3.57. The Labute approximate surface area is 113 Å². The van der Waals surface area contributed by atoms with E-state index >= 15 is 0 Å². The van der Waals surface area contributed by atoms with E-state index in [1.807, 2.05) is 13.8 Å². The number of sulfone groups is 1. The van der Waals surface area contributed by atoms with Crippen LogP contribution in [0.3, 0.4) is 0 Å².